The molecular formula is C13H19F2N3O. The monoisotopic (exact) mass is 271 g/mol. The maximum atomic E-state index is 13.5. The van der Waals surface area contributed by atoms with Gasteiger partial charge in [0.1, 0.15) is 5.69 Å². The number of nitrogens with two attached hydrogens (primary N) is 1. The molecule has 0 heterocycles. The Morgan fingerprint density at radius 1 is 1.32 bits per heavy atom. The summed E-state index contributed by atoms with van der Waals surface area (Å²) in [4.78, 5) is 11.9. The number of amides is 1. The highest BCUT2D eigenvalue weighted by atomic mass is 19.1. The highest BCUT2D eigenvalue weighted by molar-refractivity contribution is 5.94. The number of hydrogen-bond acceptors (Lipinski definition) is 3. The van der Waals surface area contributed by atoms with E-state index in [-0.39, 0.29) is 17.5 Å². The van der Waals surface area contributed by atoms with Crippen LogP contribution in [0.25, 0.3) is 0 Å². The van der Waals surface area contributed by atoms with E-state index in [9.17, 15) is 13.6 Å². The van der Waals surface area contributed by atoms with E-state index in [4.69, 9.17) is 5.84 Å². The van der Waals surface area contributed by atoms with Crippen LogP contribution in [0.5, 0.6) is 0 Å². The molecule has 0 saturated carbocycles. The smallest absolute Gasteiger partial charge is 0.251 e. The summed E-state index contributed by atoms with van der Waals surface area (Å²) < 4.78 is 26.9. The van der Waals surface area contributed by atoms with Crippen molar-refractivity contribution in [3.8, 4) is 0 Å². The standard InChI is InChI=1S/C13H19F2N3O/c1-4-7(2)8(3)17-13(19)9-5-10(14)12(18-16)11(15)6-9/h5-8,18H,4,16H2,1-3H3,(H,17,19). The van der Waals surface area contributed by atoms with Gasteiger partial charge in [0.15, 0.2) is 11.6 Å². The lowest BCUT2D eigenvalue weighted by molar-refractivity contribution is 0.0927. The van der Waals surface area contributed by atoms with E-state index < -0.39 is 23.2 Å². The maximum Gasteiger partial charge on any atom is 0.251 e. The number of carbonyl (C=O) groups is 1. The molecule has 1 aromatic carbocycles. The zero-order chi connectivity index (χ0) is 14.6. The Balaban J connectivity index is 2.89. The number of nitrogens with one attached hydrogen (secondary N) is 2. The van der Waals surface area contributed by atoms with Crippen LogP contribution in [0.2, 0.25) is 0 Å². The van der Waals surface area contributed by atoms with Crippen molar-refractivity contribution in [3.05, 3.63) is 29.3 Å². The van der Waals surface area contributed by atoms with Crippen LogP contribution >= 0.6 is 0 Å². The third kappa shape index (κ3) is 3.64. The van der Waals surface area contributed by atoms with Crippen molar-refractivity contribution in [3.63, 3.8) is 0 Å². The highest BCUT2D eigenvalue weighted by Crippen LogP contribution is 2.20. The fourth-order valence-electron chi connectivity index (χ4n) is 1.63. The number of rotatable bonds is 5. The molecule has 1 aromatic rings. The molecule has 0 spiro atoms. The van der Waals surface area contributed by atoms with Gasteiger partial charge in [-0.1, -0.05) is 20.3 Å². The molecule has 0 bridgehead atoms. The SMILES string of the molecule is CCC(C)C(C)NC(=O)c1cc(F)c(NN)c(F)c1. The molecule has 1 amide bonds. The lowest BCUT2D eigenvalue weighted by Gasteiger charge is -2.20. The third-order valence-electron chi connectivity index (χ3n) is 3.30. The van der Waals surface area contributed by atoms with Crippen LogP contribution in [-0.2, 0) is 0 Å². The molecule has 19 heavy (non-hydrogen) atoms. The van der Waals surface area contributed by atoms with E-state index >= 15 is 0 Å². The van der Waals surface area contributed by atoms with Gasteiger partial charge in [-0.2, -0.15) is 0 Å². The highest BCUT2D eigenvalue weighted by Gasteiger charge is 2.18. The molecule has 0 aliphatic rings. The average Bonchev–Trinajstić information content (AvgIpc) is 2.37. The molecule has 0 aliphatic heterocycles. The first-order valence-electron chi connectivity index (χ1n) is 6.17. The zero-order valence-corrected chi connectivity index (χ0v) is 11.3. The van der Waals surface area contributed by atoms with Crippen molar-refractivity contribution in [2.45, 2.75) is 33.2 Å². The number of nitrogen functional groups attached to an aromatic ring is 1. The van der Waals surface area contributed by atoms with Gasteiger partial charge in [-0.25, -0.2) is 8.78 Å². The molecule has 4 nitrogen and oxygen atoms in total. The van der Waals surface area contributed by atoms with E-state index in [0.717, 1.165) is 18.6 Å². The molecular weight excluding hydrogens is 252 g/mol. The van der Waals surface area contributed by atoms with Gasteiger partial charge in [-0.05, 0) is 25.0 Å². The minimum atomic E-state index is -0.899. The molecule has 4 N–H and O–H groups in total. The summed E-state index contributed by atoms with van der Waals surface area (Å²) in [5.74, 6) is 2.96. The van der Waals surface area contributed by atoms with Crippen molar-refractivity contribution in [1.82, 2.24) is 5.32 Å². The van der Waals surface area contributed by atoms with Gasteiger partial charge < -0.3 is 10.7 Å². The summed E-state index contributed by atoms with van der Waals surface area (Å²) in [6.45, 7) is 5.86. The molecule has 106 valence electrons. The summed E-state index contributed by atoms with van der Waals surface area (Å²) in [5, 5.41) is 2.71. The lowest BCUT2D eigenvalue weighted by atomic mass is 10.0. The summed E-state index contributed by atoms with van der Waals surface area (Å²) in [5.41, 5.74) is 1.40. The Hall–Kier alpha value is -1.69. The average molecular weight is 271 g/mol. The first-order valence-corrected chi connectivity index (χ1v) is 6.17. The topological polar surface area (TPSA) is 67.2 Å². The second-order valence-electron chi connectivity index (χ2n) is 4.61. The van der Waals surface area contributed by atoms with E-state index in [1.807, 2.05) is 26.2 Å². The predicted octanol–water partition coefficient (Wildman–Crippen LogP) is 2.41. The quantitative estimate of drug-likeness (QED) is 0.569. The van der Waals surface area contributed by atoms with Crippen LogP contribution in [0.4, 0.5) is 14.5 Å². The summed E-state index contributed by atoms with van der Waals surface area (Å²) in [7, 11) is 0. The lowest BCUT2D eigenvalue weighted by Crippen LogP contribution is -2.37. The molecule has 2 atom stereocenters. The fraction of sp³-hybridized carbons (Fsp3) is 0.462. The van der Waals surface area contributed by atoms with Crippen molar-refractivity contribution >= 4 is 11.6 Å². The molecule has 0 radical (unpaired) electrons. The number of benzene rings is 1. The van der Waals surface area contributed by atoms with Gasteiger partial charge in [-0.15, -0.1) is 0 Å². The van der Waals surface area contributed by atoms with Crippen LogP contribution in [0.15, 0.2) is 12.1 Å². The van der Waals surface area contributed by atoms with Gasteiger partial charge in [0.05, 0.1) is 0 Å². The minimum Gasteiger partial charge on any atom is -0.349 e. The molecule has 0 aromatic heterocycles. The number of hydrazine groups is 1. The maximum absolute atomic E-state index is 13.5. The van der Waals surface area contributed by atoms with Gasteiger partial charge >= 0.3 is 0 Å². The molecule has 0 fully saturated rings. The molecule has 2 unspecified atom stereocenters. The Bertz CT molecular complexity index is 442. The number of halogens is 2. The second-order valence-corrected chi connectivity index (χ2v) is 4.61. The van der Waals surface area contributed by atoms with Gasteiger partial charge in [0, 0.05) is 11.6 Å². The third-order valence-corrected chi connectivity index (χ3v) is 3.30. The fourth-order valence-corrected chi connectivity index (χ4v) is 1.63. The Morgan fingerprint density at radius 2 is 1.84 bits per heavy atom. The Labute approximate surface area is 111 Å². The first-order chi connectivity index (χ1) is 8.90. The van der Waals surface area contributed by atoms with Crippen LogP contribution in [0.1, 0.15) is 37.6 Å². The van der Waals surface area contributed by atoms with E-state index in [2.05, 4.69) is 5.32 Å². The van der Waals surface area contributed by atoms with Crippen molar-refractivity contribution in [2.75, 3.05) is 5.43 Å². The second kappa shape index (κ2) is 6.47. The zero-order valence-electron chi connectivity index (χ0n) is 11.3. The van der Waals surface area contributed by atoms with Crippen LogP contribution < -0.4 is 16.6 Å². The van der Waals surface area contributed by atoms with Crippen LogP contribution in [0, 0.1) is 17.6 Å². The molecule has 1 rings (SSSR count). The minimum absolute atomic E-state index is 0.0656. The van der Waals surface area contributed by atoms with Gasteiger partial charge in [-0.3, -0.25) is 10.6 Å². The number of hydrogen-bond donors (Lipinski definition) is 3. The van der Waals surface area contributed by atoms with Crippen molar-refractivity contribution < 1.29 is 13.6 Å². The van der Waals surface area contributed by atoms with E-state index in [1.54, 1.807) is 0 Å². The molecule has 0 aliphatic carbocycles. The van der Waals surface area contributed by atoms with Crippen LogP contribution in [-0.4, -0.2) is 11.9 Å². The molecule has 0 saturated heterocycles. The summed E-state index contributed by atoms with van der Waals surface area (Å²) in [6.07, 6.45) is 0.903. The molecule has 6 heteroatoms. The summed E-state index contributed by atoms with van der Waals surface area (Å²) in [6, 6.07) is 1.84. The van der Waals surface area contributed by atoms with Gasteiger partial charge in [0.2, 0.25) is 0 Å². The summed E-state index contributed by atoms with van der Waals surface area (Å²) >= 11 is 0. The van der Waals surface area contributed by atoms with E-state index in [1.165, 1.54) is 0 Å². The number of anilines is 1. The largest absolute Gasteiger partial charge is 0.349 e. The van der Waals surface area contributed by atoms with Gasteiger partial charge in [0.25, 0.3) is 5.91 Å². The normalized spacial score (nSPS) is 13.8. The number of carbonyl (C=O) groups excluding carboxylic acids is 1. The van der Waals surface area contributed by atoms with Crippen molar-refractivity contribution in [1.29, 1.82) is 0 Å². The Kier molecular flexibility index (Phi) is 5.23. The van der Waals surface area contributed by atoms with Crippen molar-refractivity contribution in [2.24, 2.45) is 11.8 Å². The van der Waals surface area contributed by atoms with E-state index in [0.29, 0.717) is 0 Å². The van der Waals surface area contributed by atoms with Crippen LogP contribution in [0.3, 0.4) is 0 Å². The first kappa shape index (κ1) is 15.4. The predicted molar refractivity (Wildman–Crippen MR) is 70.6 cm³/mol. The Morgan fingerprint density at radius 3 is 2.26 bits per heavy atom.